The summed E-state index contributed by atoms with van der Waals surface area (Å²) in [4.78, 5) is 1.93. The van der Waals surface area contributed by atoms with Crippen molar-refractivity contribution in [3.05, 3.63) is 59.4 Å². The number of benzene rings is 2. The smallest absolute Gasteiger partial charge is 0.124 e. The van der Waals surface area contributed by atoms with Crippen LogP contribution in [0.2, 0.25) is 5.02 Å². The van der Waals surface area contributed by atoms with Gasteiger partial charge in [-0.2, -0.15) is 0 Å². The molecule has 0 aliphatic rings. The Hall–Kier alpha value is -0.990. The Morgan fingerprint density at radius 1 is 0.933 bits per heavy atom. The van der Waals surface area contributed by atoms with Crippen molar-refractivity contribution >= 4 is 23.4 Å². The molecule has 0 saturated heterocycles. The van der Waals surface area contributed by atoms with Gasteiger partial charge in [-0.15, -0.1) is 0 Å². The van der Waals surface area contributed by atoms with Crippen molar-refractivity contribution in [2.45, 2.75) is 9.79 Å². The van der Waals surface area contributed by atoms with Gasteiger partial charge in [0.2, 0.25) is 0 Å². The zero-order valence-electron chi connectivity index (χ0n) is 7.78. The molecule has 76 valence electrons. The Labute approximate surface area is 97.1 Å². The van der Waals surface area contributed by atoms with E-state index < -0.39 is 0 Å². The molecule has 2 aromatic carbocycles. The minimum atomic E-state index is -0.214. The molecule has 0 aromatic heterocycles. The summed E-state index contributed by atoms with van der Waals surface area (Å²) < 4.78 is 12.9. The largest absolute Gasteiger partial charge is 0.207 e. The predicted octanol–water partition coefficient (Wildman–Crippen LogP) is 4.63. The number of halogens is 2. The first-order chi connectivity index (χ1) is 7.24. The maximum atomic E-state index is 12.9. The summed E-state index contributed by atoms with van der Waals surface area (Å²) in [5.74, 6) is -0.214. The molecule has 0 bridgehead atoms. The Morgan fingerprint density at radius 2 is 1.67 bits per heavy atom. The van der Waals surface area contributed by atoms with Gasteiger partial charge in [0.15, 0.2) is 0 Å². The fraction of sp³-hybridized carbons (Fsp3) is 0. The quantitative estimate of drug-likeness (QED) is 0.735. The van der Waals surface area contributed by atoms with Crippen molar-refractivity contribution in [1.82, 2.24) is 0 Å². The summed E-state index contributed by atoms with van der Waals surface area (Å²) in [6, 6.07) is 14.0. The monoisotopic (exact) mass is 238 g/mol. The number of hydrogen-bond acceptors (Lipinski definition) is 1. The maximum Gasteiger partial charge on any atom is 0.124 e. The van der Waals surface area contributed by atoms with Gasteiger partial charge in [0.25, 0.3) is 0 Å². The van der Waals surface area contributed by atoms with Gasteiger partial charge in [-0.05, 0) is 42.5 Å². The zero-order valence-corrected chi connectivity index (χ0v) is 9.36. The van der Waals surface area contributed by atoms with E-state index in [2.05, 4.69) is 0 Å². The van der Waals surface area contributed by atoms with Gasteiger partial charge in [-0.25, -0.2) is 4.39 Å². The molecule has 0 radical (unpaired) electrons. The van der Waals surface area contributed by atoms with Crippen molar-refractivity contribution < 1.29 is 4.39 Å². The maximum absolute atomic E-state index is 12.9. The van der Waals surface area contributed by atoms with Gasteiger partial charge >= 0.3 is 0 Å². The number of hydrogen-bond donors (Lipinski definition) is 0. The fourth-order valence-corrected chi connectivity index (χ4v) is 2.16. The van der Waals surface area contributed by atoms with Crippen molar-refractivity contribution in [2.24, 2.45) is 0 Å². The average molecular weight is 239 g/mol. The molecule has 2 aromatic rings. The average Bonchev–Trinajstić information content (AvgIpc) is 2.22. The van der Waals surface area contributed by atoms with Crippen molar-refractivity contribution in [1.29, 1.82) is 0 Å². The molecule has 0 amide bonds. The van der Waals surface area contributed by atoms with E-state index in [1.807, 2.05) is 30.3 Å². The highest BCUT2D eigenvalue weighted by molar-refractivity contribution is 7.99. The Bertz CT molecular complexity index is 453. The standard InChI is InChI=1S/C12H8ClFS/c13-9-4-6-11(7-5-9)15-12-3-1-2-10(14)8-12/h1-8H. The van der Waals surface area contributed by atoms with Crippen LogP contribution in [0.4, 0.5) is 4.39 Å². The SMILES string of the molecule is Fc1cccc(Sc2ccc(Cl)cc2)c1. The highest BCUT2D eigenvalue weighted by atomic mass is 35.5. The van der Waals surface area contributed by atoms with Crippen LogP contribution in [-0.2, 0) is 0 Å². The molecule has 0 aliphatic carbocycles. The van der Waals surface area contributed by atoms with Gasteiger partial charge in [0.1, 0.15) is 5.82 Å². The van der Waals surface area contributed by atoms with E-state index >= 15 is 0 Å². The van der Waals surface area contributed by atoms with Gasteiger partial charge in [0, 0.05) is 14.8 Å². The predicted molar refractivity (Wildman–Crippen MR) is 62.0 cm³/mol. The minimum Gasteiger partial charge on any atom is -0.207 e. The minimum absolute atomic E-state index is 0.214. The fourth-order valence-electron chi connectivity index (χ4n) is 1.17. The molecule has 15 heavy (non-hydrogen) atoms. The van der Waals surface area contributed by atoms with E-state index in [0.717, 1.165) is 9.79 Å². The van der Waals surface area contributed by atoms with Crippen LogP contribution in [0.1, 0.15) is 0 Å². The van der Waals surface area contributed by atoms with Gasteiger partial charge in [-0.1, -0.05) is 29.4 Å². The van der Waals surface area contributed by atoms with E-state index in [-0.39, 0.29) is 5.82 Å². The third kappa shape index (κ3) is 2.98. The highest BCUT2D eigenvalue weighted by Crippen LogP contribution is 2.28. The zero-order chi connectivity index (χ0) is 10.7. The molecule has 0 spiro atoms. The molecule has 0 saturated carbocycles. The van der Waals surface area contributed by atoms with Crippen molar-refractivity contribution in [3.8, 4) is 0 Å². The lowest BCUT2D eigenvalue weighted by Gasteiger charge is -2.01. The Kier molecular flexibility index (Phi) is 3.29. The lowest BCUT2D eigenvalue weighted by Crippen LogP contribution is -1.76. The van der Waals surface area contributed by atoms with Gasteiger partial charge in [0.05, 0.1) is 0 Å². The van der Waals surface area contributed by atoms with Crippen molar-refractivity contribution in [3.63, 3.8) is 0 Å². The first-order valence-corrected chi connectivity index (χ1v) is 5.62. The summed E-state index contributed by atoms with van der Waals surface area (Å²) >= 11 is 7.28. The summed E-state index contributed by atoms with van der Waals surface area (Å²) in [6.07, 6.45) is 0. The summed E-state index contributed by atoms with van der Waals surface area (Å²) in [6.45, 7) is 0. The van der Waals surface area contributed by atoms with E-state index in [9.17, 15) is 4.39 Å². The first kappa shape index (κ1) is 10.5. The van der Waals surface area contributed by atoms with Crippen LogP contribution in [0.5, 0.6) is 0 Å². The van der Waals surface area contributed by atoms with Crippen LogP contribution in [0.15, 0.2) is 58.3 Å². The molecule has 2 rings (SSSR count). The second kappa shape index (κ2) is 4.69. The van der Waals surface area contributed by atoms with Crippen LogP contribution in [0, 0.1) is 5.82 Å². The van der Waals surface area contributed by atoms with E-state index in [0.29, 0.717) is 5.02 Å². The molecule has 3 heteroatoms. The molecular weight excluding hydrogens is 231 g/mol. The third-order valence-corrected chi connectivity index (χ3v) is 3.09. The van der Waals surface area contributed by atoms with E-state index in [1.165, 1.54) is 23.9 Å². The molecule has 0 atom stereocenters. The second-order valence-electron chi connectivity index (χ2n) is 3.01. The van der Waals surface area contributed by atoms with E-state index in [4.69, 9.17) is 11.6 Å². The lowest BCUT2D eigenvalue weighted by molar-refractivity contribution is 0.624. The third-order valence-electron chi connectivity index (χ3n) is 1.85. The van der Waals surface area contributed by atoms with Gasteiger partial charge in [-0.3, -0.25) is 0 Å². The molecule has 0 unspecified atom stereocenters. The molecule has 0 nitrogen and oxygen atoms in total. The van der Waals surface area contributed by atoms with Crippen LogP contribution >= 0.6 is 23.4 Å². The highest BCUT2D eigenvalue weighted by Gasteiger charge is 1.98. The first-order valence-electron chi connectivity index (χ1n) is 4.43. The summed E-state index contributed by atoms with van der Waals surface area (Å²) in [5.41, 5.74) is 0. The van der Waals surface area contributed by atoms with Gasteiger partial charge < -0.3 is 0 Å². The van der Waals surface area contributed by atoms with Crippen LogP contribution in [0.3, 0.4) is 0 Å². The Balaban J connectivity index is 2.18. The van der Waals surface area contributed by atoms with E-state index in [1.54, 1.807) is 6.07 Å². The molecule has 0 N–H and O–H groups in total. The second-order valence-corrected chi connectivity index (χ2v) is 4.60. The molecular formula is C12H8ClFS. The molecule has 0 aliphatic heterocycles. The van der Waals surface area contributed by atoms with Crippen LogP contribution in [-0.4, -0.2) is 0 Å². The molecule has 0 heterocycles. The number of rotatable bonds is 2. The summed E-state index contributed by atoms with van der Waals surface area (Å²) in [5, 5.41) is 0.707. The van der Waals surface area contributed by atoms with Crippen molar-refractivity contribution in [2.75, 3.05) is 0 Å². The van der Waals surface area contributed by atoms with Crippen LogP contribution < -0.4 is 0 Å². The van der Waals surface area contributed by atoms with Crippen LogP contribution in [0.25, 0.3) is 0 Å². The summed E-state index contributed by atoms with van der Waals surface area (Å²) in [7, 11) is 0. The normalized spacial score (nSPS) is 10.3. The molecule has 0 fully saturated rings. The topological polar surface area (TPSA) is 0 Å². The Morgan fingerprint density at radius 3 is 2.33 bits per heavy atom. The lowest BCUT2D eigenvalue weighted by atomic mass is 10.3.